The molecule has 0 aliphatic carbocycles. The lowest BCUT2D eigenvalue weighted by atomic mass is 10.0. The summed E-state index contributed by atoms with van der Waals surface area (Å²) in [4.78, 5) is 11.2. The predicted octanol–water partition coefficient (Wildman–Crippen LogP) is 1.67. The van der Waals surface area contributed by atoms with Crippen molar-refractivity contribution in [2.24, 2.45) is 5.73 Å². The zero-order valence-corrected chi connectivity index (χ0v) is 13.0. The lowest BCUT2D eigenvalue weighted by Crippen LogP contribution is -2.42. The average molecular weight is 315 g/mol. The number of carbonyl (C=O) groups is 1. The number of esters is 1. The molecule has 0 radical (unpaired) electrons. The van der Waals surface area contributed by atoms with Gasteiger partial charge in [0.05, 0.1) is 7.11 Å². The number of aliphatic hydroxyl groups excluding tert-OH is 1. The van der Waals surface area contributed by atoms with Crippen LogP contribution in [0.25, 0.3) is 0 Å². The summed E-state index contributed by atoms with van der Waals surface area (Å²) in [5, 5.41) is 9.69. The molecule has 5 heteroatoms. The van der Waals surface area contributed by atoms with E-state index in [0.29, 0.717) is 13.0 Å². The molecule has 0 heterocycles. The molecule has 0 saturated heterocycles. The second-order valence-corrected chi connectivity index (χ2v) is 5.25. The minimum absolute atomic E-state index is 0.370. The van der Waals surface area contributed by atoms with Crippen LogP contribution in [-0.2, 0) is 22.6 Å². The number of aliphatic hydroxyl groups is 1. The van der Waals surface area contributed by atoms with Gasteiger partial charge in [-0.05, 0) is 29.7 Å². The number of carbonyl (C=O) groups excluding carboxylic acids is 1. The van der Waals surface area contributed by atoms with Gasteiger partial charge < -0.3 is 20.3 Å². The third-order valence-electron chi connectivity index (χ3n) is 3.49. The highest BCUT2D eigenvalue weighted by Gasteiger charge is 2.23. The Morgan fingerprint density at radius 1 is 1.09 bits per heavy atom. The maximum absolute atomic E-state index is 11.2. The van der Waals surface area contributed by atoms with Crippen LogP contribution in [0.15, 0.2) is 54.6 Å². The highest BCUT2D eigenvalue weighted by atomic mass is 16.5. The molecule has 122 valence electrons. The molecule has 3 N–H and O–H groups in total. The minimum atomic E-state index is -1.32. The molecule has 0 saturated carbocycles. The first kappa shape index (κ1) is 17.0. The molecular formula is C18H21NO4. The first-order chi connectivity index (χ1) is 11.1. The van der Waals surface area contributed by atoms with Gasteiger partial charge in [-0.3, -0.25) is 0 Å². The van der Waals surface area contributed by atoms with Crippen molar-refractivity contribution in [3.8, 4) is 5.75 Å². The van der Waals surface area contributed by atoms with Gasteiger partial charge in [0.1, 0.15) is 12.4 Å². The largest absolute Gasteiger partial charge is 0.489 e. The number of nitrogens with two attached hydrogens (primary N) is 1. The van der Waals surface area contributed by atoms with Gasteiger partial charge in [0.15, 0.2) is 6.10 Å². The number of benzene rings is 2. The van der Waals surface area contributed by atoms with Crippen LogP contribution in [0.5, 0.6) is 5.75 Å². The van der Waals surface area contributed by atoms with E-state index in [9.17, 15) is 9.90 Å². The summed E-state index contributed by atoms with van der Waals surface area (Å²) in [7, 11) is 1.22. The SMILES string of the molecule is COC(=O)[C@@H](O)[C@@H](N)Cc1ccc(OCc2ccccc2)cc1. The molecule has 23 heavy (non-hydrogen) atoms. The molecule has 0 spiro atoms. The van der Waals surface area contributed by atoms with Gasteiger partial charge in [-0.15, -0.1) is 0 Å². The Hall–Kier alpha value is -2.37. The van der Waals surface area contributed by atoms with Crippen LogP contribution in [0, 0.1) is 0 Å². The van der Waals surface area contributed by atoms with Crippen LogP contribution in [-0.4, -0.2) is 30.3 Å². The van der Waals surface area contributed by atoms with Crippen molar-refractivity contribution in [1.82, 2.24) is 0 Å². The maximum atomic E-state index is 11.2. The zero-order chi connectivity index (χ0) is 16.7. The molecular weight excluding hydrogens is 294 g/mol. The van der Waals surface area contributed by atoms with E-state index < -0.39 is 18.1 Å². The van der Waals surface area contributed by atoms with Crippen LogP contribution in [0.1, 0.15) is 11.1 Å². The fourth-order valence-electron chi connectivity index (χ4n) is 2.14. The summed E-state index contributed by atoms with van der Waals surface area (Å²) in [6.07, 6.45) is -0.955. The Morgan fingerprint density at radius 3 is 2.35 bits per heavy atom. The van der Waals surface area contributed by atoms with Crippen molar-refractivity contribution in [1.29, 1.82) is 0 Å². The van der Waals surface area contributed by atoms with E-state index >= 15 is 0 Å². The van der Waals surface area contributed by atoms with E-state index in [-0.39, 0.29) is 0 Å². The summed E-state index contributed by atoms with van der Waals surface area (Å²) < 4.78 is 10.2. The molecule has 0 amide bonds. The summed E-state index contributed by atoms with van der Waals surface area (Å²) in [5.41, 5.74) is 7.82. The fraction of sp³-hybridized carbons (Fsp3) is 0.278. The van der Waals surface area contributed by atoms with Gasteiger partial charge in [0, 0.05) is 6.04 Å². The van der Waals surface area contributed by atoms with E-state index in [0.717, 1.165) is 16.9 Å². The summed E-state index contributed by atoms with van der Waals surface area (Å²) in [6, 6.07) is 16.6. The Balaban J connectivity index is 1.88. The second kappa shape index (κ2) is 8.31. The lowest BCUT2D eigenvalue weighted by molar-refractivity contribution is -0.151. The van der Waals surface area contributed by atoms with E-state index in [1.165, 1.54) is 7.11 Å². The minimum Gasteiger partial charge on any atom is -0.489 e. The molecule has 0 unspecified atom stereocenters. The second-order valence-electron chi connectivity index (χ2n) is 5.25. The summed E-state index contributed by atoms with van der Waals surface area (Å²) in [5.74, 6) is 0.0278. The zero-order valence-electron chi connectivity index (χ0n) is 13.0. The molecule has 0 bridgehead atoms. The van der Waals surface area contributed by atoms with Gasteiger partial charge in [-0.1, -0.05) is 42.5 Å². The molecule has 2 aromatic rings. The number of hydrogen-bond acceptors (Lipinski definition) is 5. The Bertz CT molecular complexity index is 613. The van der Waals surface area contributed by atoms with Gasteiger partial charge >= 0.3 is 5.97 Å². The predicted molar refractivity (Wildman–Crippen MR) is 86.9 cm³/mol. The molecule has 0 aromatic heterocycles. The van der Waals surface area contributed by atoms with Gasteiger partial charge in [0.2, 0.25) is 0 Å². The summed E-state index contributed by atoms with van der Waals surface area (Å²) >= 11 is 0. The normalized spacial score (nSPS) is 13.2. The molecule has 0 fully saturated rings. The van der Waals surface area contributed by atoms with Crippen LogP contribution >= 0.6 is 0 Å². The van der Waals surface area contributed by atoms with Crippen molar-refractivity contribution in [3.05, 3.63) is 65.7 Å². The van der Waals surface area contributed by atoms with Gasteiger partial charge in [-0.25, -0.2) is 4.79 Å². The molecule has 2 atom stereocenters. The molecule has 2 rings (SSSR count). The van der Waals surface area contributed by atoms with Crippen molar-refractivity contribution in [2.45, 2.75) is 25.2 Å². The molecule has 5 nitrogen and oxygen atoms in total. The van der Waals surface area contributed by atoms with Crippen LogP contribution < -0.4 is 10.5 Å². The first-order valence-electron chi connectivity index (χ1n) is 7.37. The van der Waals surface area contributed by atoms with E-state index in [4.69, 9.17) is 10.5 Å². The molecule has 0 aliphatic rings. The van der Waals surface area contributed by atoms with Crippen molar-refractivity contribution in [2.75, 3.05) is 7.11 Å². The van der Waals surface area contributed by atoms with Crippen LogP contribution in [0.3, 0.4) is 0 Å². The van der Waals surface area contributed by atoms with E-state index in [1.54, 1.807) is 0 Å². The smallest absolute Gasteiger partial charge is 0.336 e. The quantitative estimate of drug-likeness (QED) is 0.760. The average Bonchev–Trinajstić information content (AvgIpc) is 2.60. The molecule has 0 aliphatic heterocycles. The summed E-state index contributed by atoms with van der Waals surface area (Å²) in [6.45, 7) is 0.501. The van der Waals surface area contributed by atoms with Crippen molar-refractivity contribution >= 4 is 5.97 Å². The highest BCUT2D eigenvalue weighted by molar-refractivity contribution is 5.75. The standard InChI is InChI=1S/C18H21NO4/c1-22-18(21)17(20)16(19)11-13-7-9-15(10-8-13)23-12-14-5-3-2-4-6-14/h2-10,16-17,20H,11-12,19H2,1H3/t16-,17-/m0/s1. The van der Waals surface area contributed by atoms with Crippen LogP contribution in [0.4, 0.5) is 0 Å². The Labute approximate surface area is 135 Å². The number of hydrogen-bond donors (Lipinski definition) is 2. The van der Waals surface area contributed by atoms with Crippen molar-refractivity contribution in [3.63, 3.8) is 0 Å². The number of methoxy groups -OCH3 is 1. The van der Waals surface area contributed by atoms with Gasteiger partial charge in [-0.2, -0.15) is 0 Å². The van der Waals surface area contributed by atoms with Crippen molar-refractivity contribution < 1.29 is 19.4 Å². The highest BCUT2D eigenvalue weighted by Crippen LogP contribution is 2.15. The van der Waals surface area contributed by atoms with Gasteiger partial charge in [0.25, 0.3) is 0 Å². The molecule has 2 aromatic carbocycles. The number of ether oxygens (including phenoxy) is 2. The topological polar surface area (TPSA) is 81.8 Å². The third kappa shape index (κ3) is 5.09. The van der Waals surface area contributed by atoms with Crippen LogP contribution in [0.2, 0.25) is 0 Å². The third-order valence-corrected chi connectivity index (χ3v) is 3.49. The van der Waals surface area contributed by atoms with E-state index in [2.05, 4.69) is 4.74 Å². The monoisotopic (exact) mass is 315 g/mol. The Morgan fingerprint density at radius 2 is 1.74 bits per heavy atom. The first-order valence-corrected chi connectivity index (χ1v) is 7.37. The maximum Gasteiger partial charge on any atom is 0.336 e. The van der Waals surface area contributed by atoms with E-state index in [1.807, 2.05) is 54.6 Å². The fourth-order valence-corrected chi connectivity index (χ4v) is 2.14. The Kier molecular flexibility index (Phi) is 6.14. The number of rotatable bonds is 7. The lowest BCUT2D eigenvalue weighted by Gasteiger charge is -2.16.